The van der Waals surface area contributed by atoms with E-state index in [2.05, 4.69) is 13.8 Å². The fourth-order valence-corrected chi connectivity index (χ4v) is 9.08. The van der Waals surface area contributed by atoms with Crippen molar-refractivity contribution in [1.82, 2.24) is 4.90 Å². The summed E-state index contributed by atoms with van der Waals surface area (Å²) in [7, 11) is 0. The van der Waals surface area contributed by atoms with Crippen LogP contribution in [0.3, 0.4) is 0 Å². The molecule has 1 unspecified atom stereocenters. The van der Waals surface area contributed by atoms with Gasteiger partial charge in [-0.05, 0) is 24.5 Å². The maximum absolute atomic E-state index is 13.7. The van der Waals surface area contributed by atoms with Crippen LogP contribution in [-0.4, -0.2) is 49.7 Å². The number of ether oxygens (including phenoxy) is 4. The zero-order valence-corrected chi connectivity index (χ0v) is 24.8. The summed E-state index contributed by atoms with van der Waals surface area (Å²) in [6, 6.07) is 3.83. The minimum atomic E-state index is -0.200. The van der Waals surface area contributed by atoms with E-state index in [0.29, 0.717) is 50.0 Å². The molecular weight excluding hydrogens is 567 g/mol. The van der Waals surface area contributed by atoms with Gasteiger partial charge < -0.3 is 18.9 Å². The number of rotatable bonds is 8. The molecule has 1 atom stereocenters. The van der Waals surface area contributed by atoms with Crippen LogP contribution in [0.15, 0.2) is 22.9 Å². The van der Waals surface area contributed by atoms with Gasteiger partial charge in [-0.25, -0.2) is 0 Å². The zero-order chi connectivity index (χ0) is 27.4. The summed E-state index contributed by atoms with van der Waals surface area (Å²) in [6.07, 6.45) is 4.15. The van der Waals surface area contributed by atoms with Crippen molar-refractivity contribution in [2.75, 3.05) is 33.0 Å². The van der Waals surface area contributed by atoms with Crippen molar-refractivity contribution in [3.05, 3.63) is 34.0 Å². The van der Waals surface area contributed by atoms with Gasteiger partial charge in [0.15, 0.2) is 23.0 Å². The van der Waals surface area contributed by atoms with Crippen LogP contribution < -0.4 is 18.9 Å². The second kappa shape index (κ2) is 10.4. The number of unbranched alkanes of at least 4 members (excludes halogenated alkanes) is 1. The average Bonchev–Trinajstić information content (AvgIpc) is 3.74. The molecule has 10 heteroatoms. The third-order valence-electron chi connectivity index (χ3n) is 7.80. The maximum Gasteiger partial charge on any atom is 0.261 e. The molecule has 0 N–H and O–H groups in total. The van der Waals surface area contributed by atoms with Crippen LogP contribution in [0.25, 0.3) is 30.3 Å². The molecule has 0 radical (unpaired) electrons. The highest BCUT2D eigenvalue weighted by molar-refractivity contribution is 7.27. The summed E-state index contributed by atoms with van der Waals surface area (Å²) in [4.78, 5) is 32.7. The van der Waals surface area contributed by atoms with E-state index in [1.54, 1.807) is 34.0 Å². The monoisotopic (exact) mass is 595 g/mol. The van der Waals surface area contributed by atoms with Crippen molar-refractivity contribution in [2.45, 2.75) is 39.5 Å². The van der Waals surface area contributed by atoms with Crippen LogP contribution in [0.1, 0.15) is 60.2 Å². The van der Waals surface area contributed by atoms with Gasteiger partial charge in [-0.1, -0.05) is 33.1 Å². The van der Waals surface area contributed by atoms with Crippen molar-refractivity contribution in [1.29, 1.82) is 0 Å². The van der Waals surface area contributed by atoms with Crippen LogP contribution in [0.4, 0.5) is 0 Å². The first kappa shape index (κ1) is 25.9. The highest BCUT2D eigenvalue weighted by Gasteiger charge is 2.38. The molecule has 208 valence electrons. The smallest absolute Gasteiger partial charge is 0.261 e. The lowest BCUT2D eigenvalue weighted by molar-refractivity contribution is 0.0624. The fraction of sp³-hybridized carbons (Fsp3) is 0.400. The largest absolute Gasteiger partial charge is 0.485 e. The maximum atomic E-state index is 13.7. The fourth-order valence-electron chi connectivity index (χ4n) is 5.64. The molecule has 3 aliphatic rings. The molecule has 3 aromatic heterocycles. The topological polar surface area (TPSA) is 74.3 Å². The van der Waals surface area contributed by atoms with Gasteiger partial charge in [0.1, 0.15) is 26.4 Å². The SMILES string of the molecule is CCCCC(CC)CN1C(=O)c2cc3c(-c4scc5c4OCCO5)sc(-c4scc5c4OCCO5)c3cc2C1=O. The Morgan fingerprint density at radius 2 is 1.30 bits per heavy atom. The lowest BCUT2D eigenvalue weighted by atomic mass is 9.99. The zero-order valence-electron chi connectivity index (χ0n) is 22.4. The predicted molar refractivity (Wildman–Crippen MR) is 159 cm³/mol. The van der Waals surface area contributed by atoms with Gasteiger partial charge in [-0.2, -0.15) is 0 Å². The number of benzene rings is 1. The van der Waals surface area contributed by atoms with Gasteiger partial charge in [0, 0.05) is 28.1 Å². The second-order valence-electron chi connectivity index (χ2n) is 10.3. The summed E-state index contributed by atoms with van der Waals surface area (Å²) in [5.41, 5.74) is 0.952. The van der Waals surface area contributed by atoms with Crippen LogP contribution in [0, 0.1) is 5.92 Å². The Morgan fingerprint density at radius 3 is 1.80 bits per heavy atom. The summed E-state index contributed by atoms with van der Waals surface area (Å²) in [6.45, 7) is 6.79. The number of hydrogen-bond acceptors (Lipinski definition) is 9. The lowest BCUT2D eigenvalue weighted by Crippen LogP contribution is -2.34. The molecule has 0 saturated heterocycles. The van der Waals surface area contributed by atoms with E-state index < -0.39 is 0 Å². The predicted octanol–water partition coefficient (Wildman–Crippen LogP) is 7.71. The molecule has 3 aliphatic heterocycles. The first-order valence-corrected chi connectivity index (χ1v) is 16.4. The summed E-state index contributed by atoms with van der Waals surface area (Å²) in [5, 5.41) is 5.81. The van der Waals surface area contributed by atoms with E-state index in [-0.39, 0.29) is 11.8 Å². The van der Waals surface area contributed by atoms with Crippen molar-refractivity contribution in [2.24, 2.45) is 5.92 Å². The number of amides is 2. The van der Waals surface area contributed by atoms with Gasteiger partial charge >= 0.3 is 0 Å². The molecule has 0 saturated carbocycles. The summed E-state index contributed by atoms with van der Waals surface area (Å²) >= 11 is 4.77. The van der Waals surface area contributed by atoms with Crippen LogP contribution >= 0.6 is 34.0 Å². The number of carbonyl (C=O) groups excluding carboxylic acids is 2. The third kappa shape index (κ3) is 4.11. The Hall–Kier alpha value is -3.08. The molecule has 7 nitrogen and oxygen atoms in total. The number of thiophene rings is 3. The Kier molecular flexibility index (Phi) is 6.72. The molecule has 0 aliphatic carbocycles. The number of imide groups is 1. The van der Waals surface area contributed by atoms with Crippen molar-refractivity contribution in [3.8, 4) is 42.5 Å². The number of hydrogen-bond donors (Lipinski definition) is 0. The molecule has 2 amide bonds. The van der Waals surface area contributed by atoms with E-state index in [1.165, 1.54) is 4.90 Å². The van der Waals surface area contributed by atoms with Gasteiger partial charge in [-0.15, -0.1) is 34.0 Å². The van der Waals surface area contributed by atoms with Crippen LogP contribution in [0.2, 0.25) is 0 Å². The van der Waals surface area contributed by atoms with Crippen molar-refractivity contribution in [3.63, 3.8) is 0 Å². The highest BCUT2D eigenvalue weighted by atomic mass is 32.1. The standard InChI is InChI=1S/C30H29NO6S3/c1-3-5-6-16(4-2)13-31-29(32)19-11-17-18(12-20(19)30(31)33)26(28-24-22(15-39-28)35-8-10-37-24)40-25(17)27-23-21(14-38-27)34-7-9-36-23/h11-12,14-16H,3-10,13H2,1-2H3. The highest BCUT2D eigenvalue weighted by Crippen LogP contribution is 2.56. The van der Waals surface area contributed by atoms with Gasteiger partial charge in [-0.3, -0.25) is 14.5 Å². The molecule has 4 aromatic rings. The van der Waals surface area contributed by atoms with Crippen molar-refractivity contribution < 1.29 is 28.5 Å². The van der Waals surface area contributed by atoms with E-state index in [9.17, 15) is 9.59 Å². The molecule has 6 heterocycles. The third-order valence-corrected chi connectivity index (χ3v) is 11.2. The van der Waals surface area contributed by atoms with Crippen LogP contribution in [-0.2, 0) is 0 Å². The molecule has 40 heavy (non-hydrogen) atoms. The van der Waals surface area contributed by atoms with E-state index in [0.717, 1.165) is 79.0 Å². The van der Waals surface area contributed by atoms with Gasteiger partial charge in [0.05, 0.1) is 30.6 Å². The molecule has 0 fully saturated rings. The lowest BCUT2D eigenvalue weighted by Gasteiger charge is -2.21. The van der Waals surface area contributed by atoms with E-state index >= 15 is 0 Å². The Balaban J connectivity index is 1.38. The first-order valence-electron chi connectivity index (χ1n) is 13.8. The summed E-state index contributed by atoms with van der Waals surface area (Å²) in [5.74, 6) is 2.88. The minimum Gasteiger partial charge on any atom is -0.485 e. The van der Waals surface area contributed by atoms with E-state index in [4.69, 9.17) is 18.9 Å². The second-order valence-corrected chi connectivity index (χ2v) is 13.0. The van der Waals surface area contributed by atoms with Crippen molar-refractivity contribution >= 4 is 56.6 Å². The minimum absolute atomic E-state index is 0.200. The van der Waals surface area contributed by atoms with Gasteiger partial charge in [0.25, 0.3) is 11.8 Å². The number of fused-ring (bicyclic) bond motifs is 4. The summed E-state index contributed by atoms with van der Waals surface area (Å²) < 4.78 is 23.8. The number of nitrogens with zero attached hydrogens (tertiary/aromatic N) is 1. The Morgan fingerprint density at radius 1 is 0.775 bits per heavy atom. The van der Waals surface area contributed by atoms with Gasteiger partial charge in [0.2, 0.25) is 0 Å². The molecule has 7 rings (SSSR count). The first-order chi connectivity index (χ1) is 19.6. The Labute approximate surface area is 244 Å². The normalized spacial score (nSPS) is 16.6. The number of carbonyl (C=O) groups is 2. The molecule has 0 bridgehead atoms. The Bertz CT molecular complexity index is 1520. The molecular formula is C30H29NO6S3. The molecule has 1 aromatic carbocycles. The van der Waals surface area contributed by atoms with Crippen LogP contribution in [0.5, 0.6) is 23.0 Å². The average molecular weight is 596 g/mol. The molecule has 0 spiro atoms. The quantitative estimate of drug-likeness (QED) is 0.194. The van der Waals surface area contributed by atoms with E-state index in [1.807, 2.05) is 22.9 Å².